The normalized spacial score (nSPS) is 14.0. The Morgan fingerprint density at radius 3 is 2.19 bits per heavy atom. The summed E-state index contributed by atoms with van der Waals surface area (Å²) >= 11 is 12.8. The number of sulfonamides is 1. The molecule has 1 N–H and O–H groups in total. The predicted octanol–water partition coefficient (Wildman–Crippen LogP) is 7.50. The third-order valence-corrected chi connectivity index (χ3v) is 11.1. The molecule has 2 amide bonds. The largest absolute Gasteiger partial charge is 0.352 e. The van der Waals surface area contributed by atoms with Crippen molar-refractivity contribution in [3.05, 3.63) is 129 Å². The second-order valence-corrected chi connectivity index (χ2v) is 14.7. The van der Waals surface area contributed by atoms with Crippen LogP contribution in [0.1, 0.15) is 47.9 Å². The van der Waals surface area contributed by atoms with Gasteiger partial charge in [-0.1, -0.05) is 103 Å². The van der Waals surface area contributed by atoms with Gasteiger partial charge in [-0.2, -0.15) is 0 Å². The minimum absolute atomic E-state index is 0.0155. The van der Waals surface area contributed by atoms with Crippen LogP contribution in [-0.4, -0.2) is 43.8 Å². The fraction of sp³-hybridized carbons (Fsp3) is 0.297. The van der Waals surface area contributed by atoms with Crippen LogP contribution in [0.5, 0.6) is 0 Å². The number of hydrogen-bond acceptors (Lipinski definition) is 4. The van der Waals surface area contributed by atoms with Crippen molar-refractivity contribution in [1.29, 1.82) is 0 Å². The number of amides is 2. The molecular formula is C37H39Cl2N3O4S. The van der Waals surface area contributed by atoms with Gasteiger partial charge in [-0.15, -0.1) is 0 Å². The summed E-state index contributed by atoms with van der Waals surface area (Å²) in [6, 6.07) is 27.0. The topological polar surface area (TPSA) is 86.8 Å². The Hall–Kier alpha value is -3.85. The molecule has 0 aliphatic heterocycles. The average Bonchev–Trinajstić information content (AvgIpc) is 3.57. The summed E-state index contributed by atoms with van der Waals surface area (Å²) in [5.74, 6) is -0.831. The molecule has 4 aromatic carbocycles. The first kappa shape index (κ1) is 34.5. The van der Waals surface area contributed by atoms with Gasteiger partial charge in [-0.3, -0.25) is 13.9 Å². The summed E-state index contributed by atoms with van der Waals surface area (Å²) in [7, 11) is -4.19. The number of nitrogens with zero attached hydrogens (tertiary/aromatic N) is 2. The van der Waals surface area contributed by atoms with E-state index in [0.29, 0.717) is 21.3 Å². The molecule has 0 aromatic heterocycles. The lowest BCUT2D eigenvalue weighted by atomic mass is 10.0. The molecule has 1 fully saturated rings. The van der Waals surface area contributed by atoms with Crippen molar-refractivity contribution in [2.24, 2.45) is 0 Å². The Bertz CT molecular complexity index is 1810. The highest BCUT2D eigenvalue weighted by atomic mass is 35.5. The fourth-order valence-electron chi connectivity index (χ4n) is 5.99. The molecule has 47 heavy (non-hydrogen) atoms. The maximum atomic E-state index is 14.7. The standard InChI is InChI=1S/C37H39Cl2N3O4S/c1-26-12-11-19-34(27(26)2)42(47(45,46)32-17-7-4-8-18-32)25-36(43)41(24-29-20-21-30(38)23-33(29)39)35(22-28-13-5-3-6-14-28)37(44)40-31-15-9-10-16-31/h3-8,11-14,17-21,23,31,35H,9-10,15-16,22,24-25H2,1-2H3,(H,40,44). The Morgan fingerprint density at radius 1 is 0.872 bits per heavy atom. The summed E-state index contributed by atoms with van der Waals surface area (Å²) in [5, 5.41) is 3.96. The molecule has 1 aliphatic carbocycles. The minimum Gasteiger partial charge on any atom is -0.352 e. The molecule has 5 rings (SSSR count). The van der Waals surface area contributed by atoms with Crippen molar-refractivity contribution in [2.45, 2.75) is 69.5 Å². The highest BCUT2D eigenvalue weighted by Crippen LogP contribution is 2.30. The molecule has 4 aromatic rings. The van der Waals surface area contributed by atoms with Crippen molar-refractivity contribution in [1.82, 2.24) is 10.2 Å². The zero-order chi connectivity index (χ0) is 33.6. The van der Waals surface area contributed by atoms with Gasteiger partial charge >= 0.3 is 0 Å². The Morgan fingerprint density at radius 2 is 1.53 bits per heavy atom. The summed E-state index contributed by atoms with van der Waals surface area (Å²) in [5.41, 5.74) is 3.45. The third-order valence-electron chi connectivity index (χ3n) is 8.78. The van der Waals surface area contributed by atoms with Crippen LogP contribution in [0.2, 0.25) is 10.0 Å². The van der Waals surface area contributed by atoms with Crippen LogP contribution in [0, 0.1) is 13.8 Å². The summed E-state index contributed by atoms with van der Waals surface area (Å²) in [6.45, 7) is 3.17. The van der Waals surface area contributed by atoms with E-state index in [9.17, 15) is 18.0 Å². The van der Waals surface area contributed by atoms with Gasteiger partial charge in [0, 0.05) is 29.1 Å². The molecule has 246 valence electrons. The van der Waals surface area contributed by atoms with Gasteiger partial charge in [0.15, 0.2) is 0 Å². The number of carbonyl (C=O) groups is 2. The van der Waals surface area contributed by atoms with Gasteiger partial charge in [0.1, 0.15) is 12.6 Å². The van der Waals surface area contributed by atoms with Crippen LogP contribution in [-0.2, 0) is 32.6 Å². The van der Waals surface area contributed by atoms with E-state index in [1.54, 1.807) is 48.5 Å². The van der Waals surface area contributed by atoms with Crippen molar-refractivity contribution in [3.8, 4) is 0 Å². The predicted molar refractivity (Wildman–Crippen MR) is 188 cm³/mol. The second kappa shape index (κ2) is 15.4. The number of rotatable bonds is 12. The van der Waals surface area contributed by atoms with Crippen molar-refractivity contribution in [3.63, 3.8) is 0 Å². The highest BCUT2D eigenvalue weighted by Gasteiger charge is 2.36. The summed E-state index contributed by atoms with van der Waals surface area (Å²) in [6.07, 6.45) is 4.02. The number of hydrogen-bond donors (Lipinski definition) is 1. The van der Waals surface area contributed by atoms with E-state index in [-0.39, 0.29) is 29.8 Å². The van der Waals surface area contributed by atoms with Gasteiger partial charge in [0.2, 0.25) is 11.8 Å². The van der Waals surface area contributed by atoms with Crippen LogP contribution in [0.25, 0.3) is 0 Å². The van der Waals surface area contributed by atoms with E-state index in [2.05, 4.69) is 5.32 Å². The van der Waals surface area contributed by atoms with E-state index in [4.69, 9.17) is 23.2 Å². The van der Waals surface area contributed by atoms with Gasteiger partial charge in [-0.25, -0.2) is 8.42 Å². The average molecular weight is 693 g/mol. The SMILES string of the molecule is Cc1cccc(N(CC(=O)N(Cc2ccc(Cl)cc2Cl)C(Cc2ccccc2)C(=O)NC2CCCC2)S(=O)(=O)c2ccccc2)c1C. The van der Waals surface area contributed by atoms with E-state index >= 15 is 0 Å². The maximum Gasteiger partial charge on any atom is 0.264 e. The number of halogens is 2. The first-order chi connectivity index (χ1) is 22.5. The quantitative estimate of drug-likeness (QED) is 0.167. The molecule has 1 saturated carbocycles. The van der Waals surface area contributed by atoms with Crippen LogP contribution in [0.4, 0.5) is 5.69 Å². The van der Waals surface area contributed by atoms with Gasteiger partial charge < -0.3 is 10.2 Å². The smallest absolute Gasteiger partial charge is 0.264 e. The first-order valence-corrected chi connectivity index (χ1v) is 18.0. The highest BCUT2D eigenvalue weighted by molar-refractivity contribution is 7.92. The van der Waals surface area contributed by atoms with E-state index in [1.165, 1.54) is 17.0 Å². The van der Waals surface area contributed by atoms with E-state index < -0.39 is 28.5 Å². The lowest BCUT2D eigenvalue weighted by molar-refractivity contribution is -0.140. The molecule has 0 spiro atoms. The van der Waals surface area contributed by atoms with Crippen LogP contribution < -0.4 is 9.62 Å². The van der Waals surface area contributed by atoms with E-state index in [1.807, 2.05) is 50.2 Å². The molecule has 1 aliphatic rings. The van der Waals surface area contributed by atoms with Crippen LogP contribution in [0.15, 0.2) is 102 Å². The van der Waals surface area contributed by atoms with Crippen LogP contribution >= 0.6 is 23.2 Å². The summed E-state index contributed by atoms with van der Waals surface area (Å²) < 4.78 is 29.7. The molecular weight excluding hydrogens is 653 g/mol. The molecule has 10 heteroatoms. The number of benzene rings is 4. The van der Waals surface area contributed by atoms with Gasteiger partial charge in [-0.05, 0) is 79.3 Å². The van der Waals surface area contributed by atoms with E-state index in [0.717, 1.165) is 46.7 Å². The fourth-order valence-corrected chi connectivity index (χ4v) is 7.95. The molecule has 0 saturated heterocycles. The zero-order valence-corrected chi connectivity index (χ0v) is 28.9. The molecule has 0 bridgehead atoms. The molecule has 7 nitrogen and oxygen atoms in total. The lowest BCUT2D eigenvalue weighted by Gasteiger charge is -2.35. The van der Waals surface area contributed by atoms with Crippen molar-refractivity contribution >= 4 is 50.7 Å². The monoisotopic (exact) mass is 691 g/mol. The van der Waals surface area contributed by atoms with Gasteiger partial charge in [0.25, 0.3) is 10.0 Å². The Kier molecular flexibility index (Phi) is 11.3. The zero-order valence-electron chi connectivity index (χ0n) is 26.5. The second-order valence-electron chi connectivity index (χ2n) is 12.0. The number of nitrogens with one attached hydrogen (secondary N) is 1. The molecule has 1 atom stereocenters. The number of aryl methyl sites for hydroxylation is 1. The van der Waals surface area contributed by atoms with Gasteiger partial charge in [0.05, 0.1) is 10.6 Å². The van der Waals surface area contributed by atoms with Crippen molar-refractivity contribution in [2.75, 3.05) is 10.8 Å². The summed E-state index contributed by atoms with van der Waals surface area (Å²) in [4.78, 5) is 30.4. The van der Waals surface area contributed by atoms with Crippen molar-refractivity contribution < 1.29 is 18.0 Å². The molecule has 0 radical (unpaired) electrons. The third kappa shape index (κ3) is 8.36. The Balaban J connectivity index is 1.60. The maximum absolute atomic E-state index is 14.7. The lowest BCUT2D eigenvalue weighted by Crippen LogP contribution is -2.54. The molecule has 1 unspecified atom stereocenters. The number of carbonyl (C=O) groups excluding carboxylic acids is 2. The van der Waals surface area contributed by atoms with Crippen LogP contribution in [0.3, 0.4) is 0 Å². The Labute approximate surface area is 287 Å². The minimum atomic E-state index is -4.19. The number of anilines is 1. The molecule has 0 heterocycles. The first-order valence-electron chi connectivity index (χ1n) is 15.8.